The molecule has 1 aliphatic carbocycles. The van der Waals surface area contributed by atoms with Gasteiger partial charge < -0.3 is 5.73 Å². The molecule has 106 valence electrons. The summed E-state index contributed by atoms with van der Waals surface area (Å²) in [5, 5.41) is 0. The van der Waals surface area contributed by atoms with E-state index in [2.05, 4.69) is 36.0 Å². The predicted molar refractivity (Wildman–Crippen MR) is 80.0 cm³/mol. The Morgan fingerprint density at radius 1 is 1.42 bits per heavy atom. The summed E-state index contributed by atoms with van der Waals surface area (Å²) < 4.78 is 0. The summed E-state index contributed by atoms with van der Waals surface area (Å²) in [6, 6.07) is 5.21. The van der Waals surface area contributed by atoms with Crippen LogP contribution in [0.15, 0.2) is 18.3 Å². The number of nitrogens with zero attached hydrogens (tertiary/aromatic N) is 2. The van der Waals surface area contributed by atoms with Crippen molar-refractivity contribution < 1.29 is 0 Å². The van der Waals surface area contributed by atoms with Gasteiger partial charge in [-0.3, -0.25) is 9.88 Å². The molecule has 1 aromatic heterocycles. The van der Waals surface area contributed by atoms with Crippen LogP contribution in [-0.2, 0) is 0 Å². The quantitative estimate of drug-likeness (QED) is 0.906. The molecule has 0 aliphatic heterocycles. The lowest BCUT2D eigenvalue weighted by Gasteiger charge is -2.38. The maximum absolute atomic E-state index is 6.02. The van der Waals surface area contributed by atoms with Crippen molar-refractivity contribution in [3.63, 3.8) is 0 Å². The third-order valence-corrected chi connectivity index (χ3v) is 4.52. The van der Waals surface area contributed by atoms with Crippen LogP contribution in [0.3, 0.4) is 0 Å². The third kappa shape index (κ3) is 3.54. The Kier molecular flexibility index (Phi) is 4.94. The van der Waals surface area contributed by atoms with E-state index in [-0.39, 0.29) is 0 Å². The molecular weight excluding hydrogens is 234 g/mol. The highest BCUT2D eigenvalue weighted by atomic mass is 15.2. The zero-order valence-corrected chi connectivity index (χ0v) is 12.5. The van der Waals surface area contributed by atoms with E-state index in [1.54, 1.807) is 0 Å². The van der Waals surface area contributed by atoms with Crippen LogP contribution in [0.4, 0.5) is 0 Å². The zero-order chi connectivity index (χ0) is 13.8. The molecule has 0 radical (unpaired) electrons. The molecule has 1 heterocycles. The Morgan fingerprint density at radius 3 is 2.79 bits per heavy atom. The van der Waals surface area contributed by atoms with Crippen molar-refractivity contribution in [2.45, 2.75) is 51.6 Å². The van der Waals surface area contributed by atoms with Crippen LogP contribution < -0.4 is 5.73 Å². The number of nitrogens with two attached hydrogens (primary N) is 1. The monoisotopic (exact) mass is 261 g/mol. The Balaban J connectivity index is 2.09. The van der Waals surface area contributed by atoms with E-state index in [4.69, 9.17) is 5.73 Å². The maximum Gasteiger partial charge on any atom is 0.0485 e. The summed E-state index contributed by atoms with van der Waals surface area (Å²) in [6.45, 7) is 5.05. The average Bonchev–Trinajstić information content (AvgIpc) is 2.41. The van der Waals surface area contributed by atoms with Crippen molar-refractivity contribution in [2.24, 2.45) is 11.7 Å². The van der Waals surface area contributed by atoms with Gasteiger partial charge in [-0.25, -0.2) is 0 Å². The minimum Gasteiger partial charge on any atom is -0.329 e. The summed E-state index contributed by atoms with van der Waals surface area (Å²) in [5.41, 5.74) is 8.32. The highest BCUT2D eigenvalue weighted by Crippen LogP contribution is 2.31. The Labute approximate surface area is 117 Å². The smallest absolute Gasteiger partial charge is 0.0485 e. The number of hydrogen-bond donors (Lipinski definition) is 1. The summed E-state index contributed by atoms with van der Waals surface area (Å²) >= 11 is 0. The number of hydrogen-bond acceptors (Lipinski definition) is 3. The van der Waals surface area contributed by atoms with Crippen LogP contribution in [0.1, 0.15) is 49.9 Å². The summed E-state index contributed by atoms with van der Waals surface area (Å²) in [5.74, 6) is 0.843. The fraction of sp³-hybridized carbons (Fsp3) is 0.688. The van der Waals surface area contributed by atoms with Gasteiger partial charge in [-0.1, -0.05) is 25.8 Å². The number of pyridine rings is 1. The van der Waals surface area contributed by atoms with E-state index in [1.807, 2.05) is 13.1 Å². The number of likely N-dealkylation sites (N-methyl/N-ethyl adjacent to an activating group) is 1. The van der Waals surface area contributed by atoms with E-state index >= 15 is 0 Å². The minimum atomic E-state index is 0.295. The fourth-order valence-corrected chi connectivity index (χ4v) is 3.24. The molecule has 1 saturated carbocycles. The van der Waals surface area contributed by atoms with Crippen LogP contribution in [0.5, 0.6) is 0 Å². The van der Waals surface area contributed by atoms with Crippen molar-refractivity contribution in [1.29, 1.82) is 0 Å². The first-order valence-corrected chi connectivity index (χ1v) is 7.46. The van der Waals surface area contributed by atoms with E-state index in [0.29, 0.717) is 18.6 Å². The molecule has 0 spiro atoms. The summed E-state index contributed by atoms with van der Waals surface area (Å²) in [4.78, 5) is 6.88. The molecule has 0 bridgehead atoms. The van der Waals surface area contributed by atoms with Crippen LogP contribution in [0.2, 0.25) is 0 Å². The van der Waals surface area contributed by atoms with E-state index < -0.39 is 0 Å². The second-order valence-corrected chi connectivity index (χ2v) is 6.08. The molecule has 2 rings (SSSR count). The second-order valence-electron chi connectivity index (χ2n) is 6.08. The molecule has 1 fully saturated rings. The molecule has 1 aromatic rings. The third-order valence-electron chi connectivity index (χ3n) is 4.52. The van der Waals surface area contributed by atoms with Crippen molar-refractivity contribution in [1.82, 2.24) is 9.88 Å². The first-order valence-electron chi connectivity index (χ1n) is 7.46. The topological polar surface area (TPSA) is 42.1 Å². The van der Waals surface area contributed by atoms with E-state index in [9.17, 15) is 0 Å². The molecule has 3 unspecified atom stereocenters. The van der Waals surface area contributed by atoms with Crippen molar-refractivity contribution >= 4 is 0 Å². The fourth-order valence-electron chi connectivity index (χ4n) is 3.24. The Bertz CT molecular complexity index is 387. The normalized spacial score (nSPS) is 25.5. The Morgan fingerprint density at radius 2 is 2.21 bits per heavy atom. The number of aryl methyl sites for hydroxylation is 1. The van der Waals surface area contributed by atoms with Gasteiger partial charge in [0.05, 0.1) is 0 Å². The van der Waals surface area contributed by atoms with Gasteiger partial charge in [-0.05, 0) is 44.4 Å². The predicted octanol–water partition coefficient (Wildman–Crippen LogP) is 2.90. The molecule has 0 amide bonds. The number of rotatable bonds is 4. The standard InChI is InChI=1S/C16H27N3/c1-12-5-4-6-15(9-12)19(3)16(10-17)14-8-7-13(2)18-11-14/h7-8,11-12,15-16H,4-6,9-10,17H2,1-3H3. The van der Waals surface area contributed by atoms with Crippen molar-refractivity contribution in [2.75, 3.05) is 13.6 Å². The van der Waals surface area contributed by atoms with Crippen LogP contribution in [-0.4, -0.2) is 29.5 Å². The molecule has 0 aromatic carbocycles. The molecule has 1 aliphatic rings. The summed E-state index contributed by atoms with van der Waals surface area (Å²) in [7, 11) is 2.22. The first-order chi connectivity index (χ1) is 9.11. The number of aromatic nitrogens is 1. The van der Waals surface area contributed by atoms with E-state index in [1.165, 1.54) is 31.2 Å². The lowest BCUT2D eigenvalue weighted by Crippen LogP contribution is -2.41. The second kappa shape index (κ2) is 6.49. The average molecular weight is 261 g/mol. The van der Waals surface area contributed by atoms with Gasteiger partial charge in [0.15, 0.2) is 0 Å². The molecule has 3 heteroatoms. The molecule has 3 nitrogen and oxygen atoms in total. The van der Waals surface area contributed by atoms with Gasteiger partial charge in [0.2, 0.25) is 0 Å². The molecule has 0 saturated heterocycles. The lowest BCUT2D eigenvalue weighted by atomic mass is 9.85. The molecular formula is C16H27N3. The molecule has 3 atom stereocenters. The highest BCUT2D eigenvalue weighted by molar-refractivity contribution is 5.18. The van der Waals surface area contributed by atoms with Crippen LogP contribution in [0, 0.1) is 12.8 Å². The van der Waals surface area contributed by atoms with Crippen LogP contribution >= 0.6 is 0 Å². The van der Waals surface area contributed by atoms with Gasteiger partial charge in [0.25, 0.3) is 0 Å². The van der Waals surface area contributed by atoms with Gasteiger partial charge in [0, 0.05) is 30.5 Å². The minimum absolute atomic E-state index is 0.295. The van der Waals surface area contributed by atoms with Gasteiger partial charge in [0.1, 0.15) is 0 Å². The highest BCUT2D eigenvalue weighted by Gasteiger charge is 2.27. The first kappa shape index (κ1) is 14.5. The van der Waals surface area contributed by atoms with Gasteiger partial charge in [-0.15, -0.1) is 0 Å². The van der Waals surface area contributed by atoms with Crippen LogP contribution in [0.25, 0.3) is 0 Å². The zero-order valence-electron chi connectivity index (χ0n) is 12.5. The van der Waals surface area contributed by atoms with Gasteiger partial charge in [-0.2, -0.15) is 0 Å². The molecule has 19 heavy (non-hydrogen) atoms. The van der Waals surface area contributed by atoms with Crippen molar-refractivity contribution in [3.8, 4) is 0 Å². The SMILES string of the molecule is Cc1ccc(C(CN)N(C)C2CCCC(C)C2)cn1. The van der Waals surface area contributed by atoms with Crippen molar-refractivity contribution in [3.05, 3.63) is 29.6 Å². The maximum atomic E-state index is 6.02. The lowest BCUT2D eigenvalue weighted by molar-refractivity contribution is 0.121. The summed E-state index contributed by atoms with van der Waals surface area (Å²) in [6.07, 6.45) is 7.31. The Hall–Kier alpha value is -0.930. The van der Waals surface area contributed by atoms with Gasteiger partial charge >= 0.3 is 0 Å². The molecule has 2 N–H and O–H groups in total. The largest absolute Gasteiger partial charge is 0.329 e. The van der Waals surface area contributed by atoms with E-state index in [0.717, 1.165) is 11.6 Å².